The Kier molecular flexibility index (Phi) is 3.67. The lowest BCUT2D eigenvalue weighted by Crippen LogP contribution is -2.02. The molecular weight excluding hydrogens is 188 g/mol. The second-order valence-electron chi connectivity index (χ2n) is 3.86. The van der Waals surface area contributed by atoms with Gasteiger partial charge in [-0.05, 0) is 43.5 Å². The number of aldehydes is 1. The molecule has 2 heteroatoms. The molecule has 15 heavy (non-hydrogen) atoms. The SMILES string of the molecule is C=C(C)COc1cc(C)cc(C)c1C=O. The molecule has 0 radical (unpaired) electrons. The smallest absolute Gasteiger partial charge is 0.154 e. The summed E-state index contributed by atoms with van der Waals surface area (Å²) in [6.07, 6.45) is 0.836. The molecule has 1 rings (SSSR count). The minimum atomic E-state index is 0.448. The molecule has 0 aliphatic heterocycles. The monoisotopic (exact) mass is 204 g/mol. The highest BCUT2D eigenvalue weighted by Crippen LogP contribution is 2.22. The summed E-state index contributed by atoms with van der Waals surface area (Å²) in [5, 5.41) is 0. The maximum atomic E-state index is 10.9. The van der Waals surface area contributed by atoms with E-state index in [4.69, 9.17) is 4.74 Å². The van der Waals surface area contributed by atoms with Crippen LogP contribution in [-0.2, 0) is 0 Å². The van der Waals surface area contributed by atoms with Crippen LogP contribution in [0.15, 0.2) is 24.3 Å². The Labute approximate surface area is 90.6 Å². The molecule has 0 aliphatic carbocycles. The van der Waals surface area contributed by atoms with E-state index in [2.05, 4.69) is 6.58 Å². The normalized spacial score (nSPS) is 9.80. The van der Waals surface area contributed by atoms with Gasteiger partial charge in [0.15, 0.2) is 6.29 Å². The zero-order valence-electron chi connectivity index (χ0n) is 9.46. The predicted octanol–water partition coefficient (Wildman–Crippen LogP) is 3.07. The molecule has 0 atom stereocenters. The molecule has 0 unspecified atom stereocenters. The Morgan fingerprint density at radius 3 is 2.67 bits per heavy atom. The molecule has 0 aromatic heterocycles. The van der Waals surface area contributed by atoms with E-state index in [1.54, 1.807) is 0 Å². The number of aryl methyl sites for hydroxylation is 2. The quantitative estimate of drug-likeness (QED) is 0.556. The molecule has 0 saturated heterocycles. The molecule has 0 aliphatic rings. The van der Waals surface area contributed by atoms with Crippen molar-refractivity contribution in [2.75, 3.05) is 6.61 Å². The van der Waals surface area contributed by atoms with Gasteiger partial charge in [-0.15, -0.1) is 0 Å². The fourth-order valence-electron chi connectivity index (χ4n) is 1.41. The zero-order chi connectivity index (χ0) is 11.4. The summed E-state index contributed by atoms with van der Waals surface area (Å²) >= 11 is 0. The van der Waals surface area contributed by atoms with Gasteiger partial charge in [0.2, 0.25) is 0 Å². The second kappa shape index (κ2) is 4.78. The van der Waals surface area contributed by atoms with Crippen LogP contribution in [0.4, 0.5) is 0 Å². The number of ether oxygens (including phenoxy) is 1. The fraction of sp³-hybridized carbons (Fsp3) is 0.308. The summed E-state index contributed by atoms with van der Waals surface area (Å²) in [5.41, 5.74) is 3.60. The van der Waals surface area contributed by atoms with Gasteiger partial charge in [-0.2, -0.15) is 0 Å². The molecule has 0 spiro atoms. The van der Waals surface area contributed by atoms with Gasteiger partial charge in [0, 0.05) is 0 Å². The summed E-state index contributed by atoms with van der Waals surface area (Å²) < 4.78 is 5.52. The number of hydrogen-bond donors (Lipinski definition) is 0. The van der Waals surface area contributed by atoms with E-state index in [1.807, 2.05) is 32.9 Å². The van der Waals surface area contributed by atoms with Gasteiger partial charge in [-0.3, -0.25) is 4.79 Å². The van der Waals surface area contributed by atoms with Crippen molar-refractivity contribution >= 4 is 6.29 Å². The topological polar surface area (TPSA) is 26.3 Å². The number of carbonyl (C=O) groups is 1. The first-order chi connectivity index (χ1) is 7.04. The first-order valence-corrected chi connectivity index (χ1v) is 4.88. The molecule has 0 N–H and O–H groups in total. The molecule has 2 nitrogen and oxygen atoms in total. The maximum Gasteiger partial charge on any atom is 0.154 e. The largest absolute Gasteiger partial charge is 0.489 e. The molecule has 0 saturated carbocycles. The first-order valence-electron chi connectivity index (χ1n) is 4.88. The third-order valence-corrected chi connectivity index (χ3v) is 2.09. The maximum absolute atomic E-state index is 10.9. The number of carbonyl (C=O) groups excluding carboxylic acids is 1. The molecule has 0 fully saturated rings. The Balaban J connectivity index is 3.03. The molecule has 80 valence electrons. The third kappa shape index (κ3) is 2.94. The van der Waals surface area contributed by atoms with Crippen LogP contribution in [0.3, 0.4) is 0 Å². The van der Waals surface area contributed by atoms with Crippen LogP contribution < -0.4 is 4.74 Å². The average Bonchev–Trinajstić information content (AvgIpc) is 2.13. The lowest BCUT2D eigenvalue weighted by Gasteiger charge is -2.11. The van der Waals surface area contributed by atoms with E-state index in [0.717, 1.165) is 23.0 Å². The van der Waals surface area contributed by atoms with E-state index in [9.17, 15) is 4.79 Å². The van der Waals surface area contributed by atoms with Crippen LogP contribution in [0.1, 0.15) is 28.4 Å². The van der Waals surface area contributed by atoms with Gasteiger partial charge in [-0.25, -0.2) is 0 Å². The lowest BCUT2D eigenvalue weighted by molar-refractivity contribution is 0.111. The average molecular weight is 204 g/mol. The summed E-state index contributed by atoms with van der Waals surface area (Å²) in [4.78, 5) is 10.9. The van der Waals surface area contributed by atoms with Crippen molar-refractivity contribution < 1.29 is 9.53 Å². The van der Waals surface area contributed by atoms with Crippen molar-refractivity contribution in [3.8, 4) is 5.75 Å². The van der Waals surface area contributed by atoms with Gasteiger partial charge in [0.25, 0.3) is 0 Å². The van der Waals surface area contributed by atoms with Gasteiger partial charge in [-0.1, -0.05) is 12.6 Å². The van der Waals surface area contributed by atoms with Crippen molar-refractivity contribution in [2.24, 2.45) is 0 Å². The third-order valence-electron chi connectivity index (χ3n) is 2.09. The predicted molar refractivity (Wildman–Crippen MR) is 61.6 cm³/mol. The molecular formula is C13H16O2. The highest BCUT2D eigenvalue weighted by Gasteiger charge is 2.07. The summed E-state index contributed by atoms with van der Waals surface area (Å²) in [7, 11) is 0. The lowest BCUT2D eigenvalue weighted by atomic mass is 10.1. The second-order valence-corrected chi connectivity index (χ2v) is 3.86. The van der Waals surface area contributed by atoms with Crippen molar-refractivity contribution in [2.45, 2.75) is 20.8 Å². The van der Waals surface area contributed by atoms with Crippen molar-refractivity contribution in [3.05, 3.63) is 41.0 Å². The number of hydrogen-bond acceptors (Lipinski definition) is 2. The van der Waals surface area contributed by atoms with Crippen LogP contribution in [0.2, 0.25) is 0 Å². The highest BCUT2D eigenvalue weighted by atomic mass is 16.5. The molecule has 0 amide bonds. The van der Waals surface area contributed by atoms with Crippen LogP contribution in [0.25, 0.3) is 0 Å². The van der Waals surface area contributed by atoms with E-state index in [-0.39, 0.29) is 0 Å². The van der Waals surface area contributed by atoms with Crippen molar-refractivity contribution in [1.29, 1.82) is 0 Å². The summed E-state index contributed by atoms with van der Waals surface area (Å²) in [5.74, 6) is 0.644. The van der Waals surface area contributed by atoms with Crippen LogP contribution in [0.5, 0.6) is 5.75 Å². The first kappa shape index (κ1) is 11.5. The Morgan fingerprint density at radius 1 is 1.47 bits per heavy atom. The summed E-state index contributed by atoms with van der Waals surface area (Å²) in [6.45, 7) is 9.99. The van der Waals surface area contributed by atoms with Crippen LogP contribution in [0, 0.1) is 13.8 Å². The minimum Gasteiger partial charge on any atom is -0.489 e. The van der Waals surface area contributed by atoms with E-state index >= 15 is 0 Å². The number of rotatable bonds is 4. The Bertz CT molecular complexity index is 392. The van der Waals surface area contributed by atoms with Gasteiger partial charge in [0.05, 0.1) is 5.56 Å². The zero-order valence-corrected chi connectivity index (χ0v) is 9.46. The summed E-state index contributed by atoms with van der Waals surface area (Å²) in [6, 6.07) is 3.84. The van der Waals surface area contributed by atoms with Gasteiger partial charge >= 0.3 is 0 Å². The van der Waals surface area contributed by atoms with E-state index in [0.29, 0.717) is 17.9 Å². The van der Waals surface area contributed by atoms with Gasteiger partial charge < -0.3 is 4.74 Å². The highest BCUT2D eigenvalue weighted by molar-refractivity contribution is 5.81. The van der Waals surface area contributed by atoms with Gasteiger partial charge in [0.1, 0.15) is 12.4 Å². The van der Waals surface area contributed by atoms with E-state index in [1.165, 1.54) is 0 Å². The van der Waals surface area contributed by atoms with Crippen molar-refractivity contribution in [3.63, 3.8) is 0 Å². The molecule has 1 aromatic rings. The standard InChI is InChI=1S/C13H16O2/c1-9(2)8-15-13-6-10(3)5-11(4)12(13)7-14/h5-7H,1,8H2,2-4H3. The molecule has 0 heterocycles. The fourth-order valence-corrected chi connectivity index (χ4v) is 1.41. The molecule has 0 bridgehead atoms. The Morgan fingerprint density at radius 2 is 2.13 bits per heavy atom. The minimum absolute atomic E-state index is 0.448. The number of benzene rings is 1. The van der Waals surface area contributed by atoms with E-state index < -0.39 is 0 Å². The van der Waals surface area contributed by atoms with Crippen molar-refractivity contribution in [1.82, 2.24) is 0 Å². The Hall–Kier alpha value is -1.57. The van der Waals surface area contributed by atoms with Crippen LogP contribution in [-0.4, -0.2) is 12.9 Å². The van der Waals surface area contributed by atoms with Crippen LogP contribution >= 0.6 is 0 Å². The molecule has 1 aromatic carbocycles.